The zero-order chi connectivity index (χ0) is 19.2. The Labute approximate surface area is 160 Å². The van der Waals surface area contributed by atoms with Gasteiger partial charge in [0.1, 0.15) is 0 Å². The first-order valence-electron chi connectivity index (χ1n) is 8.40. The Balaban J connectivity index is 1.81. The predicted molar refractivity (Wildman–Crippen MR) is 104 cm³/mol. The minimum Gasteiger partial charge on any atom is -0.346 e. The van der Waals surface area contributed by atoms with Crippen molar-refractivity contribution in [3.8, 4) is 0 Å². The number of carbonyl (C=O) groups excluding carboxylic acids is 1. The van der Waals surface area contributed by atoms with Crippen LogP contribution in [0.5, 0.6) is 0 Å². The fourth-order valence-corrected chi connectivity index (χ4v) is 3.33. The van der Waals surface area contributed by atoms with Gasteiger partial charge < -0.3 is 5.32 Å². The van der Waals surface area contributed by atoms with Gasteiger partial charge in [-0.15, -0.1) is 10.2 Å². The summed E-state index contributed by atoms with van der Waals surface area (Å²) in [6.07, 6.45) is 4.46. The molecule has 1 amide bonds. The second kappa shape index (κ2) is 8.63. The molecule has 9 heteroatoms. The quantitative estimate of drug-likeness (QED) is 0.472. The molecular formula is C18H19N5O3S. The second-order valence-electron chi connectivity index (χ2n) is 5.95. The van der Waals surface area contributed by atoms with Gasteiger partial charge in [0.15, 0.2) is 11.5 Å². The van der Waals surface area contributed by atoms with Crippen LogP contribution in [0.4, 0.5) is 5.69 Å². The predicted octanol–water partition coefficient (Wildman–Crippen LogP) is 2.79. The number of nitro groups is 1. The molecule has 0 saturated heterocycles. The van der Waals surface area contributed by atoms with Crippen LogP contribution in [0.15, 0.2) is 48.7 Å². The van der Waals surface area contributed by atoms with E-state index in [-0.39, 0.29) is 24.1 Å². The van der Waals surface area contributed by atoms with Crippen molar-refractivity contribution < 1.29 is 9.72 Å². The van der Waals surface area contributed by atoms with Crippen molar-refractivity contribution in [2.75, 3.05) is 12.0 Å². The van der Waals surface area contributed by atoms with Crippen molar-refractivity contribution in [3.63, 3.8) is 0 Å². The van der Waals surface area contributed by atoms with E-state index in [4.69, 9.17) is 0 Å². The Morgan fingerprint density at radius 2 is 2.04 bits per heavy atom. The first-order valence-corrected chi connectivity index (χ1v) is 9.80. The second-order valence-corrected chi connectivity index (χ2v) is 6.94. The minimum atomic E-state index is -0.472. The molecule has 2 aromatic heterocycles. The molecule has 1 aromatic carbocycles. The van der Waals surface area contributed by atoms with E-state index in [1.165, 1.54) is 6.07 Å². The van der Waals surface area contributed by atoms with E-state index in [0.29, 0.717) is 23.5 Å². The van der Waals surface area contributed by atoms with E-state index in [0.717, 1.165) is 5.75 Å². The Morgan fingerprint density at radius 1 is 1.26 bits per heavy atom. The molecule has 0 bridgehead atoms. The van der Waals surface area contributed by atoms with Crippen LogP contribution in [0, 0.1) is 10.1 Å². The molecule has 0 radical (unpaired) electrons. The van der Waals surface area contributed by atoms with Crippen LogP contribution >= 0.6 is 11.8 Å². The SMILES string of the molecule is CSCCC(NC(=O)Cc1ccccc1[N+](=O)[O-])c1nnc2ccccn12. The molecule has 8 nitrogen and oxygen atoms in total. The van der Waals surface area contributed by atoms with Crippen molar-refractivity contribution in [3.05, 3.63) is 70.2 Å². The molecule has 140 valence electrons. The number of benzene rings is 1. The average molecular weight is 385 g/mol. The van der Waals surface area contributed by atoms with Crippen molar-refractivity contribution in [1.82, 2.24) is 19.9 Å². The van der Waals surface area contributed by atoms with Crippen molar-refractivity contribution in [2.24, 2.45) is 0 Å². The number of nitrogens with one attached hydrogen (secondary N) is 1. The number of para-hydroxylation sites is 1. The average Bonchev–Trinajstić information content (AvgIpc) is 3.09. The van der Waals surface area contributed by atoms with Gasteiger partial charge >= 0.3 is 0 Å². The van der Waals surface area contributed by atoms with Gasteiger partial charge in [0.25, 0.3) is 5.69 Å². The summed E-state index contributed by atoms with van der Waals surface area (Å²) < 4.78 is 1.84. The first-order chi connectivity index (χ1) is 13.1. The smallest absolute Gasteiger partial charge is 0.273 e. The molecule has 3 rings (SSSR count). The standard InChI is InChI=1S/C18H19N5O3S/c1-27-11-9-14(18-21-20-16-8-4-5-10-22(16)18)19-17(24)12-13-6-2-3-7-15(13)23(25)26/h2-8,10,14H,9,11-12H2,1H3,(H,19,24). The highest BCUT2D eigenvalue weighted by Crippen LogP contribution is 2.21. The zero-order valence-corrected chi connectivity index (χ0v) is 15.6. The molecule has 1 unspecified atom stereocenters. The van der Waals surface area contributed by atoms with E-state index in [1.807, 2.05) is 35.1 Å². The highest BCUT2D eigenvalue weighted by Gasteiger charge is 2.22. The summed E-state index contributed by atoms with van der Waals surface area (Å²) in [6.45, 7) is 0. The topological polar surface area (TPSA) is 102 Å². The summed E-state index contributed by atoms with van der Waals surface area (Å²) in [5.74, 6) is 1.19. The maximum atomic E-state index is 12.6. The minimum absolute atomic E-state index is 0.0544. The third kappa shape index (κ3) is 4.43. The molecule has 2 heterocycles. The van der Waals surface area contributed by atoms with Gasteiger partial charge in [-0.3, -0.25) is 19.3 Å². The summed E-state index contributed by atoms with van der Waals surface area (Å²) in [4.78, 5) is 23.3. The van der Waals surface area contributed by atoms with Gasteiger partial charge in [0.2, 0.25) is 5.91 Å². The van der Waals surface area contributed by atoms with Crippen LogP contribution in [0.2, 0.25) is 0 Å². The maximum absolute atomic E-state index is 12.6. The van der Waals surface area contributed by atoms with Crippen LogP contribution in [0.3, 0.4) is 0 Å². The molecule has 3 aromatic rings. The Morgan fingerprint density at radius 3 is 2.81 bits per heavy atom. The van der Waals surface area contributed by atoms with Crippen LogP contribution < -0.4 is 5.32 Å². The Kier molecular flexibility index (Phi) is 6.02. The zero-order valence-electron chi connectivity index (χ0n) is 14.7. The number of rotatable bonds is 8. The Hall–Kier alpha value is -2.94. The number of nitrogens with zero attached hydrogens (tertiary/aromatic N) is 4. The summed E-state index contributed by atoms with van der Waals surface area (Å²) in [5, 5.41) is 22.5. The number of hydrogen-bond acceptors (Lipinski definition) is 6. The van der Waals surface area contributed by atoms with Gasteiger partial charge in [0.05, 0.1) is 17.4 Å². The first kappa shape index (κ1) is 18.8. The lowest BCUT2D eigenvalue weighted by atomic mass is 10.1. The third-order valence-corrected chi connectivity index (χ3v) is 4.78. The van der Waals surface area contributed by atoms with Gasteiger partial charge in [-0.05, 0) is 30.6 Å². The normalized spacial score (nSPS) is 12.0. The molecule has 0 spiro atoms. The number of fused-ring (bicyclic) bond motifs is 1. The molecular weight excluding hydrogens is 366 g/mol. The molecule has 0 aliphatic rings. The number of amides is 1. The van der Waals surface area contributed by atoms with Crippen LogP contribution in [0.25, 0.3) is 5.65 Å². The fourth-order valence-electron chi connectivity index (χ4n) is 2.86. The molecule has 1 atom stereocenters. The molecule has 0 aliphatic heterocycles. The molecule has 27 heavy (non-hydrogen) atoms. The van der Waals surface area contributed by atoms with Gasteiger partial charge in [-0.1, -0.05) is 24.3 Å². The number of hydrogen-bond donors (Lipinski definition) is 1. The molecule has 0 saturated carbocycles. The highest BCUT2D eigenvalue weighted by atomic mass is 32.2. The third-order valence-electron chi connectivity index (χ3n) is 4.14. The van der Waals surface area contributed by atoms with E-state index >= 15 is 0 Å². The Bertz CT molecular complexity index is 959. The number of thioether (sulfide) groups is 1. The lowest BCUT2D eigenvalue weighted by Gasteiger charge is -2.17. The van der Waals surface area contributed by atoms with Crippen molar-refractivity contribution in [1.29, 1.82) is 0 Å². The highest BCUT2D eigenvalue weighted by molar-refractivity contribution is 7.98. The van der Waals surface area contributed by atoms with E-state index in [9.17, 15) is 14.9 Å². The van der Waals surface area contributed by atoms with Gasteiger partial charge in [-0.25, -0.2) is 0 Å². The van der Waals surface area contributed by atoms with E-state index in [1.54, 1.807) is 30.0 Å². The summed E-state index contributed by atoms with van der Waals surface area (Å²) in [7, 11) is 0. The number of nitro benzene ring substituents is 1. The lowest BCUT2D eigenvalue weighted by molar-refractivity contribution is -0.385. The van der Waals surface area contributed by atoms with Crippen LogP contribution in [-0.2, 0) is 11.2 Å². The van der Waals surface area contributed by atoms with E-state index < -0.39 is 4.92 Å². The van der Waals surface area contributed by atoms with Gasteiger partial charge in [0, 0.05) is 17.8 Å². The molecule has 1 N–H and O–H groups in total. The van der Waals surface area contributed by atoms with Crippen molar-refractivity contribution in [2.45, 2.75) is 18.9 Å². The van der Waals surface area contributed by atoms with Crippen LogP contribution in [-0.4, -0.2) is 37.4 Å². The number of aromatic nitrogens is 3. The number of pyridine rings is 1. The monoisotopic (exact) mass is 385 g/mol. The summed E-state index contributed by atoms with van der Waals surface area (Å²) in [6, 6.07) is 11.5. The van der Waals surface area contributed by atoms with Gasteiger partial charge in [-0.2, -0.15) is 11.8 Å². The lowest BCUT2D eigenvalue weighted by Crippen LogP contribution is -2.31. The fraction of sp³-hybridized carbons (Fsp3) is 0.278. The van der Waals surface area contributed by atoms with Crippen LogP contribution in [0.1, 0.15) is 23.9 Å². The largest absolute Gasteiger partial charge is 0.346 e. The summed E-state index contributed by atoms with van der Waals surface area (Å²) in [5.41, 5.74) is 1.03. The molecule has 0 aliphatic carbocycles. The number of carbonyl (C=O) groups is 1. The van der Waals surface area contributed by atoms with Crippen molar-refractivity contribution >= 4 is 29.0 Å². The summed E-state index contributed by atoms with van der Waals surface area (Å²) >= 11 is 1.67. The van der Waals surface area contributed by atoms with E-state index in [2.05, 4.69) is 15.5 Å². The maximum Gasteiger partial charge on any atom is 0.273 e. The molecule has 0 fully saturated rings.